The van der Waals surface area contributed by atoms with Crippen LogP contribution in [-0.2, 0) is 9.53 Å². The fourth-order valence-corrected chi connectivity index (χ4v) is 1.32. The third-order valence-corrected chi connectivity index (χ3v) is 2.32. The summed E-state index contributed by atoms with van der Waals surface area (Å²) in [4.78, 5) is 26.4. The summed E-state index contributed by atoms with van der Waals surface area (Å²) in [7, 11) is 3.47. The van der Waals surface area contributed by atoms with Gasteiger partial charge in [0, 0.05) is 20.1 Å². The monoisotopic (exact) mass is 283 g/mol. The van der Waals surface area contributed by atoms with Crippen molar-refractivity contribution in [3.05, 3.63) is 0 Å². The Hall–Kier alpha value is -1.74. The van der Waals surface area contributed by atoms with Crippen molar-refractivity contribution in [3.63, 3.8) is 0 Å². The molecule has 0 aromatic rings. The smallest absolute Gasteiger partial charge is 0.407 e. The first-order valence-corrected chi connectivity index (χ1v) is 6.48. The third-order valence-electron chi connectivity index (χ3n) is 2.32. The molecule has 0 aromatic carbocycles. The summed E-state index contributed by atoms with van der Waals surface area (Å²) in [5.41, 5.74) is -0.510. The van der Waals surface area contributed by atoms with Gasteiger partial charge < -0.3 is 15.0 Å². The van der Waals surface area contributed by atoms with E-state index in [1.807, 2.05) is 4.90 Å². The second kappa shape index (κ2) is 8.43. The van der Waals surface area contributed by atoms with E-state index in [1.165, 1.54) is 4.90 Å². The molecule has 0 fully saturated rings. The fraction of sp³-hybridized carbons (Fsp3) is 0.714. The summed E-state index contributed by atoms with van der Waals surface area (Å²) < 4.78 is 5.10. The van der Waals surface area contributed by atoms with Gasteiger partial charge in [-0.05, 0) is 27.8 Å². The van der Waals surface area contributed by atoms with Crippen molar-refractivity contribution in [1.29, 1.82) is 0 Å². The zero-order chi connectivity index (χ0) is 15.8. The predicted molar refractivity (Wildman–Crippen MR) is 78.2 cm³/mol. The molecule has 0 bridgehead atoms. The molecular weight excluding hydrogens is 258 g/mol. The van der Waals surface area contributed by atoms with Crippen LogP contribution in [0.3, 0.4) is 0 Å². The Balaban J connectivity index is 3.89. The van der Waals surface area contributed by atoms with Crippen molar-refractivity contribution in [3.8, 4) is 12.3 Å². The highest BCUT2D eigenvalue weighted by Gasteiger charge is 2.16. The van der Waals surface area contributed by atoms with E-state index in [9.17, 15) is 9.59 Å². The van der Waals surface area contributed by atoms with Gasteiger partial charge >= 0.3 is 6.09 Å². The van der Waals surface area contributed by atoms with Crippen molar-refractivity contribution in [2.45, 2.75) is 26.4 Å². The summed E-state index contributed by atoms with van der Waals surface area (Å²) in [6, 6.07) is 0. The van der Waals surface area contributed by atoms with Crippen LogP contribution in [0, 0.1) is 12.3 Å². The average Bonchev–Trinajstić information content (AvgIpc) is 2.26. The van der Waals surface area contributed by atoms with Crippen LogP contribution in [0.25, 0.3) is 0 Å². The molecule has 0 aliphatic rings. The molecule has 0 aliphatic carbocycles. The molecule has 114 valence electrons. The van der Waals surface area contributed by atoms with Crippen molar-refractivity contribution >= 4 is 12.0 Å². The molecule has 2 amide bonds. The first-order chi connectivity index (χ1) is 9.15. The molecule has 0 saturated heterocycles. The lowest BCUT2D eigenvalue weighted by molar-refractivity contribution is -0.130. The number of nitrogens with one attached hydrogen (secondary N) is 1. The standard InChI is InChI=1S/C14H25N3O3/c1-7-9-17(6)12(18)11-16(5)10-8-15-13(19)20-14(2,3)4/h1H,8-11H2,2-6H3,(H,15,19). The molecule has 0 heterocycles. The molecule has 0 unspecified atom stereocenters. The summed E-state index contributed by atoms with van der Waals surface area (Å²) >= 11 is 0. The normalized spacial score (nSPS) is 10.8. The average molecular weight is 283 g/mol. The topological polar surface area (TPSA) is 61.9 Å². The van der Waals surface area contributed by atoms with Crippen LogP contribution in [0.2, 0.25) is 0 Å². The summed E-state index contributed by atoms with van der Waals surface area (Å²) in [6.07, 6.45) is 4.69. The maximum atomic E-state index is 11.7. The van der Waals surface area contributed by atoms with Gasteiger partial charge in [0.15, 0.2) is 0 Å². The number of rotatable bonds is 6. The number of carbonyl (C=O) groups excluding carboxylic acids is 2. The van der Waals surface area contributed by atoms with Crippen LogP contribution in [0.15, 0.2) is 0 Å². The van der Waals surface area contributed by atoms with Gasteiger partial charge in [-0.25, -0.2) is 4.79 Å². The maximum absolute atomic E-state index is 11.7. The number of ether oxygens (including phenoxy) is 1. The Bertz CT molecular complexity index is 369. The largest absolute Gasteiger partial charge is 0.444 e. The van der Waals surface area contributed by atoms with Crippen LogP contribution in [0.1, 0.15) is 20.8 Å². The van der Waals surface area contributed by atoms with Crippen molar-refractivity contribution < 1.29 is 14.3 Å². The molecule has 6 nitrogen and oxygen atoms in total. The molecule has 0 spiro atoms. The fourth-order valence-electron chi connectivity index (χ4n) is 1.32. The van der Waals surface area contributed by atoms with Crippen molar-refractivity contribution in [1.82, 2.24) is 15.1 Å². The lowest BCUT2D eigenvalue weighted by Crippen LogP contribution is -2.41. The molecule has 20 heavy (non-hydrogen) atoms. The van der Waals surface area contributed by atoms with Gasteiger partial charge in [0.25, 0.3) is 0 Å². The second-order valence-electron chi connectivity index (χ2n) is 5.62. The van der Waals surface area contributed by atoms with Gasteiger partial charge in [-0.2, -0.15) is 0 Å². The Labute approximate surface area is 121 Å². The lowest BCUT2D eigenvalue weighted by Gasteiger charge is -2.22. The number of nitrogens with zero attached hydrogens (tertiary/aromatic N) is 2. The van der Waals surface area contributed by atoms with E-state index in [-0.39, 0.29) is 12.5 Å². The van der Waals surface area contributed by atoms with E-state index in [2.05, 4.69) is 11.2 Å². The van der Waals surface area contributed by atoms with Crippen LogP contribution < -0.4 is 5.32 Å². The van der Waals surface area contributed by atoms with Gasteiger partial charge in [0.1, 0.15) is 5.60 Å². The molecule has 6 heteroatoms. The molecular formula is C14H25N3O3. The highest BCUT2D eigenvalue weighted by molar-refractivity contribution is 5.78. The SMILES string of the molecule is C#CCN(C)C(=O)CN(C)CCNC(=O)OC(C)(C)C. The Morgan fingerprint density at radius 3 is 2.40 bits per heavy atom. The first-order valence-electron chi connectivity index (χ1n) is 6.48. The zero-order valence-corrected chi connectivity index (χ0v) is 13.0. The molecule has 0 saturated carbocycles. The van der Waals surface area contributed by atoms with Gasteiger partial charge in [-0.15, -0.1) is 6.42 Å². The minimum absolute atomic E-state index is 0.0530. The molecule has 0 rings (SSSR count). The first kappa shape index (κ1) is 18.3. The summed E-state index contributed by atoms with van der Waals surface area (Å²) in [5, 5.41) is 2.64. The predicted octanol–water partition coefficient (Wildman–Crippen LogP) is 0.535. The third kappa shape index (κ3) is 9.22. The summed E-state index contributed by atoms with van der Waals surface area (Å²) in [6.45, 7) is 6.93. The summed E-state index contributed by atoms with van der Waals surface area (Å²) in [5.74, 6) is 2.36. The second-order valence-corrected chi connectivity index (χ2v) is 5.62. The highest BCUT2D eigenvalue weighted by Crippen LogP contribution is 2.06. The van der Waals surface area contributed by atoms with Crippen LogP contribution in [0.4, 0.5) is 4.79 Å². The maximum Gasteiger partial charge on any atom is 0.407 e. The van der Waals surface area contributed by atoms with Gasteiger partial charge in [0.05, 0.1) is 13.1 Å². The number of hydrogen-bond acceptors (Lipinski definition) is 4. The lowest BCUT2D eigenvalue weighted by atomic mass is 10.2. The molecule has 1 N–H and O–H groups in total. The zero-order valence-electron chi connectivity index (χ0n) is 13.0. The van der Waals surface area contributed by atoms with Crippen molar-refractivity contribution in [2.75, 3.05) is 40.3 Å². The van der Waals surface area contributed by atoms with E-state index in [0.717, 1.165) is 0 Å². The number of likely N-dealkylation sites (N-methyl/N-ethyl adjacent to an activating group) is 2. The quantitative estimate of drug-likeness (QED) is 0.723. The molecule has 0 aromatic heterocycles. The Kier molecular flexibility index (Phi) is 7.70. The van der Waals surface area contributed by atoms with Crippen molar-refractivity contribution in [2.24, 2.45) is 0 Å². The van der Waals surface area contributed by atoms with Gasteiger partial charge in [-0.3, -0.25) is 9.69 Å². The van der Waals surface area contributed by atoms with Crippen LogP contribution >= 0.6 is 0 Å². The molecule has 0 atom stereocenters. The number of hydrogen-bond donors (Lipinski definition) is 1. The number of terminal acetylenes is 1. The Morgan fingerprint density at radius 1 is 1.30 bits per heavy atom. The highest BCUT2D eigenvalue weighted by atomic mass is 16.6. The number of carbonyl (C=O) groups is 2. The number of alkyl carbamates (subject to hydrolysis) is 1. The van der Waals surface area contributed by atoms with Gasteiger partial charge in [0.2, 0.25) is 5.91 Å². The Morgan fingerprint density at radius 2 is 1.90 bits per heavy atom. The van der Waals surface area contributed by atoms with E-state index in [4.69, 9.17) is 11.2 Å². The van der Waals surface area contributed by atoms with E-state index >= 15 is 0 Å². The van der Waals surface area contributed by atoms with Crippen LogP contribution in [-0.4, -0.2) is 67.7 Å². The van der Waals surface area contributed by atoms with Crippen LogP contribution in [0.5, 0.6) is 0 Å². The van der Waals surface area contributed by atoms with E-state index < -0.39 is 11.7 Å². The van der Waals surface area contributed by atoms with Gasteiger partial charge in [-0.1, -0.05) is 5.92 Å². The minimum atomic E-state index is -0.510. The van der Waals surface area contributed by atoms with E-state index in [0.29, 0.717) is 19.6 Å². The molecule has 0 radical (unpaired) electrons. The van der Waals surface area contributed by atoms with E-state index in [1.54, 1.807) is 34.9 Å². The molecule has 0 aliphatic heterocycles. The number of amides is 2. The minimum Gasteiger partial charge on any atom is -0.444 e.